The Morgan fingerprint density at radius 1 is 1.00 bits per heavy atom. The summed E-state index contributed by atoms with van der Waals surface area (Å²) in [4.78, 5) is 33.5. The molecule has 2 amide bonds. The summed E-state index contributed by atoms with van der Waals surface area (Å²) in [6.07, 6.45) is -2.63. The van der Waals surface area contributed by atoms with Crippen LogP contribution in [-0.2, 0) is 17.8 Å². The van der Waals surface area contributed by atoms with Gasteiger partial charge in [-0.05, 0) is 60.7 Å². The monoisotopic (exact) mass is 561 g/mol. The minimum Gasteiger partial charge on any atom is -0.497 e. The van der Waals surface area contributed by atoms with Crippen LogP contribution < -0.4 is 4.74 Å². The summed E-state index contributed by atoms with van der Waals surface area (Å²) < 4.78 is 47.1. The molecular formula is C32H30F3N3O3. The van der Waals surface area contributed by atoms with Crippen LogP contribution in [0.2, 0.25) is 0 Å². The number of carbonyl (C=O) groups excluding carboxylic acids is 2. The van der Waals surface area contributed by atoms with Crippen molar-refractivity contribution in [2.45, 2.75) is 44.1 Å². The molecule has 0 saturated carbocycles. The van der Waals surface area contributed by atoms with E-state index in [-0.39, 0.29) is 31.8 Å². The number of hydrogen-bond donors (Lipinski definition) is 0. The molecule has 0 unspecified atom stereocenters. The number of halogens is 3. The molecule has 1 aliphatic heterocycles. The van der Waals surface area contributed by atoms with Gasteiger partial charge in [-0.25, -0.2) is 0 Å². The molecule has 2 heterocycles. The Hall–Kier alpha value is -4.40. The third kappa shape index (κ3) is 6.34. The van der Waals surface area contributed by atoms with Crippen LogP contribution in [0.4, 0.5) is 13.2 Å². The zero-order valence-corrected chi connectivity index (χ0v) is 22.6. The number of carbonyl (C=O) groups is 2. The fourth-order valence-electron chi connectivity index (χ4n) is 5.59. The predicted octanol–water partition coefficient (Wildman–Crippen LogP) is 6.05. The van der Waals surface area contributed by atoms with Gasteiger partial charge in [0.2, 0.25) is 0 Å². The number of aromatic nitrogens is 1. The molecule has 0 N–H and O–H groups in total. The molecular weight excluding hydrogens is 531 g/mol. The number of methoxy groups -OCH3 is 1. The van der Waals surface area contributed by atoms with Crippen LogP contribution >= 0.6 is 0 Å². The molecule has 3 aromatic carbocycles. The van der Waals surface area contributed by atoms with Gasteiger partial charge in [-0.3, -0.25) is 14.6 Å². The maximum absolute atomic E-state index is 13.9. The van der Waals surface area contributed by atoms with Crippen LogP contribution in [0.1, 0.15) is 34.3 Å². The van der Waals surface area contributed by atoms with Gasteiger partial charge in [0, 0.05) is 42.3 Å². The molecule has 1 saturated heterocycles. The lowest BCUT2D eigenvalue weighted by molar-refractivity contribution is -0.189. The average molecular weight is 562 g/mol. The summed E-state index contributed by atoms with van der Waals surface area (Å²) in [5.74, 6) is -1.57. The van der Waals surface area contributed by atoms with Gasteiger partial charge in [-0.15, -0.1) is 0 Å². The second-order valence-corrected chi connectivity index (χ2v) is 10.2. The number of nitrogens with zero attached hydrogens (tertiary/aromatic N) is 3. The van der Waals surface area contributed by atoms with Crippen molar-refractivity contribution in [3.63, 3.8) is 0 Å². The first-order chi connectivity index (χ1) is 19.7. The SMILES string of the molecule is COc1cccc(C(=O)N2CC[C@H](N(Cc3ccnc4ccccc34)C(=O)C(F)(F)F)C[C@H]2Cc2ccccc2)c1. The van der Waals surface area contributed by atoms with E-state index in [1.807, 2.05) is 30.3 Å². The van der Waals surface area contributed by atoms with Gasteiger partial charge in [0.1, 0.15) is 5.75 Å². The number of likely N-dealkylation sites (tertiary alicyclic amines) is 1. The van der Waals surface area contributed by atoms with E-state index in [0.29, 0.717) is 34.2 Å². The van der Waals surface area contributed by atoms with E-state index in [4.69, 9.17) is 4.74 Å². The number of pyridine rings is 1. The fourth-order valence-corrected chi connectivity index (χ4v) is 5.59. The molecule has 0 radical (unpaired) electrons. The minimum absolute atomic E-state index is 0.204. The van der Waals surface area contributed by atoms with Crippen molar-refractivity contribution in [1.82, 2.24) is 14.8 Å². The molecule has 4 aromatic rings. The fraction of sp³-hybridized carbons (Fsp3) is 0.281. The predicted molar refractivity (Wildman–Crippen MR) is 149 cm³/mol. The van der Waals surface area contributed by atoms with Crippen LogP contribution in [0.25, 0.3) is 10.9 Å². The summed E-state index contributed by atoms with van der Waals surface area (Å²) >= 11 is 0. The van der Waals surface area contributed by atoms with Crippen LogP contribution in [0.3, 0.4) is 0 Å². The first kappa shape index (κ1) is 28.1. The minimum atomic E-state index is -5.04. The number of amides is 2. The van der Waals surface area contributed by atoms with Crippen LogP contribution in [-0.4, -0.2) is 58.5 Å². The normalized spacial score (nSPS) is 17.3. The van der Waals surface area contributed by atoms with E-state index in [0.717, 1.165) is 10.5 Å². The van der Waals surface area contributed by atoms with E-state index in [1.54, 1.807) is 65.7 Å². The smallest absolute Gasteiger partial charge is 0.471 e. The molecule has 1 fully saturated rings. The highest BCUT2D eigenvalue weighted by Gasteiger charge is 2.46. The Bertz CT molecular complexity index is 1520. The third-order valence-corrected chi connectivity index (χ3v) is 7.60. The van der Waals surface area contributed by atoms with E-state index < -0.39 is 24.2 Å². The Kier molecular flexibility index (Phi) is 8.23. The first-order valence-corrected chi connectivity index (χ1v) is 13.4. The van der Waals surface area contributed by atoms with Crippen molar-refractivity contribution in [2.24, 2.45) is 0 Å². The highest BCUT2D eigenvalue weighted by Crippen LogP contribution is 2.32. The van der Waals surface area contributed by atoms with Gasteiger partial charge in [0.15, 0.2) is 0 Å². The topological polar surface area (TPSA) is 62.7 Å². The Morgan fingerprint density at radius 3 is 2.51 bits per heavy atom. The quantitative estimate of drug-likeness (QED) is 0.276. The number of fused-ring (bicyclic) bond motifs is 1. The molecule has 212 valence electrons. The molecule has 2 atom stereocenters. The maximum atomic E-state index is 13.9. The molecule has 0 aliphatic carbocycles. The summed E-state index contributed by atoms with van der Waals surface area (Å²) in [6, 6.07) is 24.0. The van der Waals surface area contributed by atoms with Gasteiger partial charge in [0.25, 0.3) is 5.91 Å². The summed E-state index contributed by atoms with van der Waals surface area (Å²) in [7, 11) is 1.52. The van der Waals surface area contributed by atoms with Crippen LogP contribution in [0, 0.1) is 0 Å². The zero-order valence-electron chi connectivity index (χ0n) is 22.6. The van der Waals surface area contributed by atoms with Crippen molar-refractivity contribution in [2.75, 3.05) is 13.7 Å². The number of benzene rings is 3. The Balaban J connectivity index is 1.48. The summed E-state index contributed by atoms with van der Waals surface area (Å²) in [5.41, 5.74) is 2.62. The third-order valence-electron chi connectivity index (χ3n) is 7.60. The number of hydrogen-bond acceptors (Lipinski definition) is 4. The second kappa shape index (κ2) is 12.0. The van der Waals surface area contributed by atoms with Crippen LogP contribution in [0.5, 0.6) is 5.75 Å². The van der Waals surface area contributed by atoms with Crippen molar-refractivity contribution in [1.29, 1.82) is 0 Å². The van der Waals surface area contributed by atoms with Crippen LogP contribution in [0.15, 0.2) is 91.1 Å². The van der Waals surface area contributed by atoms with Gasteiger partial charge in [0.05, 0.1) is 12.6 Å². The molecule has 6 nitrogen and oxygen atoms in total. The highest BCUT2D eigenvalue weighted by atomic mass is 19.4. The van der Waals surface area contributed by atoms with Crippen molar-refractivity contribution < 1.29 is 27.5 Å². The Labute approximate surface area is 236 Å². The van der Waals surface area contributed by atoms with Gasteiger partial charge >= 0.3 is 12.1 Å². The average Bonchev–Trinajstić information content (AvgIpc) is 2.99. The standard InChI is InChI=1S/C32H30F3N3O3/c1-41-27-11-7-10-23(19-27)30(39)37-17-15-25(20-26(37)18-22-8-3-2-4-9-22)38(31(40)32(33,34)35)21-24-14-16-36-29-13-6-5-12-28(24)29/h2-14,16,19,25-26H,15,17-18,20-21H2,1H3/t25-,26+/m0/s1. The molecule has 0 spiro atoms. The lowest BCUT2D eigenvalue weighted by Gasteiger charge is -2.44. The zero-order chi connectivity index (χ0) is 29.0. The molecule has 5 rings (SSSR count). The number of ether oxygens (including phenoxy) is 1. The molecule has 41 heavy (non-hydrogen) atoms. The summed E-state index contributed by atoms with van der Waals surface area (Å²) in [5, 5.41) is 0.696. The molecule has 1 aliphatic rings. The van der Waals surface area contributed by atoms with Gasteiger partial charge in [-0.2, -0.15) is 13.2 Å². The molecule has 9 heteroatoms. The van der Waals surface area contributed by atoms with Gasteiger partial charge in [-0.1, -0.05) is 54.6 Å². The number of rotatable bonds is 7. The highest BCUT2D eigenvalue weighted by molar-refractivity contribution is 5.95. The first-order valence-electron chi connectivity index (χ1n) is 13.4. The number of alkyl halides is 3. The second-order valence-electron chi connectivity index (χ2n) is 10.2. The lowest BCUT2D eigenvalue weighted by atomic mass is 9.90. The van der Waals surface area contributed by atoms with E-state index >= 15 is 0 Å². The van der Waals surface area contributed by atoms with E-state index in [9.17, 15) is 22.8 Å². The van der Waals surface area contributed by atoms with E-state index in [2.05, 4.69) is 4.98 Å². The molecule has 1 aromatic heterocycles. The van der Waals surface area contributed by atoms with Gasteiger partial charge < -0.3 is 14.5 Å². The Morgan fingerprint density at radius 2 is 1.76 bits per heavy atom. The van der Waals surface area contributed by atoms with Crippen molar-refractivity contribution >= 4 is 22.7 Å². The largest absolute Gasteiger partial charge is 0.497 e. The number of para-hydroxylation sites is 1. The maximum Gasteiger partial charge on any atom is 0.471 e. The van der Waals surface area contributed by atoms with E-state index in [1.165, 1.54) is 7.11 Å². The summed E-state index contributed by atoms with van der Waals surface area (Å²) in [6.45, 7) is -0.00906. The van der Waals surface area contributed by atoms with Crippen molar-refractivity contribution in [3.05, 3.63) is 108 Å². The lowest BCUT2D eigenvalue weighted by Crippen LogP contribution is -2.55. The molecule has 0 bridgehead atoms. The number of piperidine rings is 1. The van der Waals surface area contributed by atoms with Crippen molar-refractivity contribution in [3.8, 4) is 5.75 Å².